The van der Waals surface area contributed by atoms with E-state index in [1.165, 1.54) is 6.92 Å². The topological polar surface area (TPSA) is 63.1 Å². The number of carbonyl (C=O) groups excluding carboxylic acids is 1. The molecule has 1 aromatic heterocycles. The monoisotopic (exact) mass is 155 g/mol. The zero-order valence-electron chi connectivity index (χ0n) is 6.43. The van der Waals surface area contributed by atoms with Gasteiger partial charge in [-0.2, -0.15) is 5.16 Å². The standard InChI is InChI=1S/C7H9NO3/c1-4(9)3-6-5(2)7(10)8-11-6/h3H2,1-2H3,(H,8,10). The van der Waals surface area contributed by atoms with Crippen molar-refractivity contribution in [1.29, 1.82) is 0 Å². The molecule has 0 radical (unpaired) electrons. The van der Waals surface area contributed by atoms with E-state index in [0.717, 1.165) is 0 Å². The first kappa shape index (κ1) is 7.78. The fourth-order valence-corrected chi connectivity index (χ4v) is 0.782. The van der Waals surface area contributed by atoms with Crippen LogP contribution in [0.3, 0.4) is 0 Å². The largest absolute Gasteiger partial charge is 0.383 e. The molecule has 4 nitrogen and oxygen atoms in total. The molecular weight excluding hydrogens is 146 g/mol. The second kappa shape index (κ2) is 2.74. The van der Waals surface area contributed by atoms with Crippen LogP contribution in [0.5, 0.6) is 0 Å². The van der Waals surface area contributed by atoms with Crippen LogP contribution >= 0.6 is 0 Å². The molecule has 0 bridgehead atoms. The van der Waals surface area contributed by atoms with Gasteiger partial charge in [-0.3, -0.25) is 9.59 Å². The second-order valence-electron chi connectivity index (χ2n) is 2.46. The summed E-state index contributed by atoms with van der Waals surface area (Å²) >= 11 is 0. The Morgan fingerprint density at radius 3 is 2.64 bits per heavy atom. The van der Waals surface area contributed by atoms with Gasteiger partial charge in [-0.25, -0.2) is 0 Å². The summed E-state index contributed by atoms with van der Waals surface area (Å²) in [6.07, 6.45) is 0.185. The maximum Gasteiger partial charge on any atom is 0.283 e. The molecule has 0 aromatic carbocycles. The van der Waals surface area contributed by atoms with Crippen LogP contribution in [0, 0.1) is 6.92 Å². The number of Topliss-reactive ketones (excluding diaryl/α,β-unsaturated/α-hetero) is 1. The van der Waals surface area contributed by atoms with E-state index < -0.39 is 0 Å². The molecule has 0 amide bonds. The lowest BCUT2D eigenvalue weighted by Crippen LogP contribution is -2.03. The molecular formula is C7H9NO3. The Balaban J connectivity index is 2.96. The van der Waals surface area contributed by atoms with E-state index in [4.69, 9.17) is 4.52 Å². The molecule has 11 heavy (non-hydrogen) atoms. The molecule has 0 atom stereocenters. The van der Waals surface area contributed by atoms with Gasteiger partial charge in [-0.1, -0.05) is 0 Å². The lowest BCUT2D eigenvalue weighted by atomic mass is 10.2. The third-order valence-electron chi connectivity index (χ3n) is 1.44. The minimum atomic E-state index is -0.263. The summed E-state index contributed by atoms with van der Waals surface area (Å²) in [6, 6.07) is 0. The Labute approximate surface area is 63.2 Å². The summed E-state index contributed by atoms with van der Waals surface area (Å²) in [5, 5.41) is 2.16. The predicted octanol–water partition coefficient (Wildman–Crippen LogP) is 0.408. The van der Waals surface area contributed by atoms with Crippen molar-refractivity contribution in [2.24, 2.45) is 0 Å². The van der Waals surface area contributed by atoms with Crippen molar-refractivity contribution < 1.29 is 9.32 Å². The van der Waals surface area contributed by atoms with Crippen LogP contribution in [0.25, 0.3) is 0 Å². The number of nitrogens with one attached hydrogen (secondary N) is 1. The van der Waals surface area contributed by atoms with Crippen molar-refractivity contribution in [3.8, 4) is 0 Å². The molecule has 0 aliphatic carbocycles. The molecule has 0 aliphatic heterocycles. The summed E-state index contributed by atoms with van der Waals surface area (Å²) in [5.41, 5.74) is 0.224. The van der Waals surface area contributed by atoms with Crippen LogP contribution in [-0.2, 0) is 11.2 Å². The first-order valence-corrected chi connectivity index (χ1v) is 3.27. The SMILES string of the molecule is CC(=O)Cc1o[nH]c(=O)c1C. The lowest BCUT2D eigenvalue weighted by molar-refractivity contribution is -0.116. The van der Waals surface area contributed by atoms with E-state index in [9.17, 15) is 9.59 Å². The molecule has 1 N–H and O–H groups in total. The van der Waals surface area contributed by atoms with Gasteiger partial charge >= 0.3 is 0 Å². The number of aromatic amines is 1. The van der Waals surface area contributed by atoms with Crippen LogP contribution < -0.4 is 5.56 Å². The number of carbonyl (C=O) groups is 1. The quantitative estimate of drug-likeness (QED) is 0.672. The zero-order valence-corrected chi connectivity index (χ0v) is 6.43. The van der Waals surface area contributed by atoms with E-state index in [-0.39, 0.29) is 17.8 Å². The lowest BCUT2D eigenvalue weighted by Gasteiger charge is -1.88. The average molecular weight is 155 g/mol. The summed E-state index contributed by atoms with van der Waals surface area (Å²) in [6.45, 7) is 3.08. The fourth-order valence-electron chi connectivity index (χ4n) is 0.782. The molecule has 0 spiro atoms. The summed E-state index contributed by atoms with van der Waals surface area (Å²) in [5.74, 6) is 0.415. The van der Waals surface area contributed by atoms with Crippen molar-refractivity contribution in [3.05, 3.63) is 21.7 Å². The highest BCUT2D eigenvalue weighted by molar-refractivity contribution is 5.77. The second-order valence-corrected chi connectivity index (χ2v) is 2.46. The van der Waals surface area contributed by atoms with Gasteiger partial charge in [0, 0.05) is 0 Å². The maximum absolute atomic E-state index is 10.8. The Morgan fingerprint density at radius 1 is 1.64 bits per heavy atom. The molecule has 0 aliphatic rings. The molecule has 4 heteroatoms. The Hall–Kier alpha value is -1.32. The predicted molar refractivity (Wildman–Crippen MR) is 38.5 cm³/mol. The minimum absolute atomic E-state index is 0.0177. The van der Waals surface area contributed by atoms with E-state index in [0.29, 0.717) is 11.3 Å². The first-order valence-electron chi connectivity index (χ1n) is 3.27. The Bertz CT molecular complexity index is 321. The summed E-state index contributed by atoms with van der Waals surface area (Å²) in [4.78, 5) is 21.4. The molecule has 0 fully saturated rings. The minimum Gasteiger partial charge on any atom is -0.383 e. The zero-order chi connectivity index (χ0) is 8.43. The number of ketones is 1. The summed E-state index contributed by atoms with van der Waals surface area (Å²) < 4.78 is 4.75. The maximum atomic E-state index is 10.8. The average Bonchev–Trinajstić information content (AvgIpc) is 2.18. The normalized spacial score (nSPS) is 10.0. The van der Waals surface area contributed by atoms with Crippen LogP contribution in [0.4, 0.5) is 0 Å². The highest BCUT2D eigenvalue weighted by atomic mass is 16.5. The van der Waals surface area contributed by atoms with Gasteiger partial charge in [0.2, 0.25) is 0 Å². The highest BCUT2D eigenvalue weighted by Gasteiger charge is 2.08. The third-order valence-corrected chi connectivity index (χ3v) is 1.44. The van der Waals surface area contributed by atoms with Gasteiger partial charge < -0.3 is 4.52 Å². The molecule has 60 valence electrons. The van der Waals surface area contributed by atoms with E-state index >= 15 is 0 Å². The van der Waals surface area contributed by atoms with Crippen LogP contribution in [0.1, 0.15) is 18.2 Å². The van der Waals surface area contributed by atoms with Crippen LogP contribution in [0.15, 0.2) is 9.32 Å². The molecule has 1 aromatic rings. The Morgan fingerprint density at radius 2 is 2.27 bits per heavy atom. The highest BCUT2D eigenvalue weighted by Crippen LogP contribution is 2.01. The van der Waals surface area contributed by atoms with Crippen molar-refractivity contribution >= 4 is 5.78 Å². The van der Waals surface area contributed by atoms with Gasteiger partial charge in [0.15, 0.2) is 0 Å². The fraction of sp³-hybridized carbons (Fsp3) is 0.429. The Kier molecular flexibility index (Phi) is 1.94. The van der Waals surface area contributed by atoms with Crippen molar-refractivity contribution in [2.75, 3.05) is 0 Å². The molecule has 1 heterocycles. The number of H-pyrrole nitrogens is 1. The van der Waals surface area contributed by atoms with Crippen molar-refractivity contribution in [1.82, 2.24) is 5.16 Å². The van der Waals surface area contributed by atoms with Crippen LogP contribution in [0.2, 0.25) is 0 Å². The van der Waals surface area contributed by atoms with Crippen molar-refractivity contribution in [2.45, 2.75) is 20.3 Å². The van der Waals surface area contributed by atoms with Gasteiger partial charge in [0.05, 0.1) is 12.0 Å². The first-order chi connectivity index (χ1) is 5.11. The van der Waals surface area contributed by atoms with Crippen molar-refractivity contribution in [3.63, 3.8) is 0 Å². The van der Waals surface area contributed by atoms with Gasteiger partial charge in [-0.15, -0.1) is 0 Å². The van der Waals surface area contributed by atoms with E-state index in [2.05, 4.69) is 5.16 Å². The van der Waals surface area contributed by atoms with Gasteiger partial charge in [-0.05, 0) is 13.8 Å². The van der Waals surface area contributed by atoms with Gasteiger partial charge in [0.1, 0.15) is 11.5 Å². The number of hydrogen-bond acceptors (Lipinski definition) is 3. The number of aromatic nitrogens is 1. The molecule has 0 unspecified atom stereocenters. The molecule has 0 saturated heterocycles. The smallest absolute Gasteiger partial charge is 0.283 e. The van der Waals surface area contributed by atoms with Gasteiger partial charge in [0.25, 0.3) is 5.56 Å². The number of hydrogen-bond donors (Lipinski definition) is 1. The molecule has 0 saturated carbocycles. The van der Waals surface area contributed by atoms with E-state index in [1.54, 1.807) is 6.92 Å². The van der Waals surface area contributed by atoms with Crippen LogP contribution in [-0.4, -0.2) is 10.9 Å². The van der Waals surface area contributed by atoms with E-state index in [1.807, 2.05) is 0 Å². The molecule has 1 rings (SSSR count). The third kappa shape index (κ3) is 1.58. The summed E-state index contributed by atoms with van der Waals surface area (Å²) in [7, 11) is 0. The number of rotatable bonds is 2.